The molecular weight excluding hydrogens is 476 g/mol. The van der Waals surface area contributed by atoms with E-state index in [1.807, 2.05) is 0 Å². The number of aromatic nitrogens is 2. The van der Waals surface area contributed by atoms with E-state index in [0.29, 0.717) is 38.6 Å². The van der Waals surface area contributed by atoms with Crippen LogP contribution in [0.2, 0.25) is 0 Å². The third-order valence-electron chi connectivity index (χ3n) is 5.49. The fraction of sp³-hybridized carbons (Fsp3) is 0.120. The summed E-state index contributed by atoms with van der Waals surface area (Å²) >= 11 is 1.21. The Labute approximate surface area is 202 Å². The maximum absolute atomic E-state index is 13.3. The standard InChI is InChI=1S/C25H17F2N3O4S/c26-24(27)34-16-11-9-15(10-12-16)30-23(33)19-7-3-4-8-20(19)28-25(30)35-14-13-29-21(31)17-5-1-2-6-18(17)22(29)32/h1-12,24H,13-14H2. The maximum atomic E-state index is 13.3. The summed E-state index contributed by atoms with van der Waals surface area (Å²) in [6, 6.07) is 19.2. The Bertz CT molecular complexity index is 1470. The fourth-order valence-electron chi connectivity index (χ4n) is 3.88. The Morgan fingerprint density at radius 1 is 0.857 bits per heavy atom. The van der Waals surface area contributed by atoms with Gasteiger partial charge in [-0.05, 0) is 48.5 Å². The zero-order valence-corrected chi connectivity index (χ0v) is 18.9. The third-order valence-corrected chi connectivity index (χ3v) is 6.41. The van der Waals surface area contributed by atoms with Crippen LogP contribution in [0.15, 0.2) is 82.7 Å². The van der Waals surface area contributed by atoms with Gasteiger partial charge in [0.2, 0.25) is 0 Å². The first-order valence-electron chi connectivity index (χ1n) is 10.6. The molecule has 0 saturated heterocycles. The van der Waals surface area contributed by atoms with Crippen molar-refractivity contribution in [1.29, 1.82) is 0 Å². The lowest BCUT2D eigenvalue weighted by Gasteiger charge is -2.16. The van der Waals surface area contributed by atoms with Gasteiger partial charge in [-0.1, -0.05) is 36.0 Å². The molecule has 3 aromatic carbocycles. The molecule has 1 aromatic heterocycles. The van der Waals surface area contributed by atoms with Crippen molar-refractivity contribution < 1.29 is 23.1 Å². The van der Waals surface area contributed by atoms with E-state index >= 15 is 0 Å². The number of thioether (sulfide) groups is 1. The topological polar surface area (TPSA) is 81.5 Å². The number of hydrogen-bond donors (Lipinski definition) is 0. The van der Waals surface area contributed by atoms with E-state index in [0.717, 1.165) is 0 Å². The zero-order valence-electron chi connectivity index (χ0n) is 18.1. The van der Waals surface area contributed by atoms with Crippen LogP contribution in [0.1, 0.15) is 20.7 Å². The summed E-state index contributed by atoms with van der Waals surface area (Å²) in [4.78, 5) is 44.4. The molecule has 1 aliphatic heterocycles. The van der Waals surface area contributed by atoms with Crippen LogP contribution in [0, 0.1) is 0 Å². The number of alkyl halides is 2. The molecular formula is C25H17F2N3O4S. The lowest BCUT2D eigenvalue weighted by atomic mass is 10.1. The Balaban J connectivity index is 1.44. The molecule has 0 bridgehead atoms. The number of fused-ring (bicyclic) bond motifs is 2. The van der Waals surface area contributed by atoms with Gasteiger partial charge in [-0.3, -0.25) is 23.9 Å². The summed E-state index contributed by atoms with van der Waals surface area (Å²) < 4.78 is 30.8. The number of halogens is 2. The van der Waals surface area contributed by atoms with Crippen LogP contribution in [-0.4, -0.2) is 45.2 Å². The molecule has 2 amide bonds. The number of nitrogens with zero attached hydrogens (tertiary/aromatic N) is 3. The molecule has 0 radical (unpaired) electrons. The molecule has 4 aromatic rings. The first kappa shape index (κ1) is 22.7. The van der Waals surface area contributed by atoms with Crippen LogP contribution in [0.5, 0.6) is 5.75 Å². The van der Waals surface area contributed by atoms with E-state index in [9.17, 15) is 23.2 Å². The number of carbonyl (C=O) groups excluding carboxylic acids is 2. The van der Waals surface area contributed by atoms with Gasteiger partial charge in [0.1, 0.15) is 5.75 Å². The zero-order chi connectivity index (χ0) is 24.5. The first-order valence-corrected chi connectivity index (χ1v) is 11.6. The van der Waals surface area contributed by atoms with Crippen molar-refractivity contribution in [2.75, 3.05) is 12.3 Å². The predicted octanol–water partition coefficient (Wildman–Crippen LogP) is 4.38. The van der Waals surface area contributed by atoms with Gasteiger partial charge in [0, 0.05) is 12.3 Å². The molecule has 0 atom stereocenters. The van der Waals surface area contributed by atoms with Crippen molar-refractivity contribution >= 4 is 34.5 Å². The highest BCUT2D eigenvalue weighted by Crippen LogP contribution is 2.26. The largest absolute Gasteiger partial charge is 0.435 e. The average Bonchev–Trinajstić information content (AvgIpc) is 3.10. The summed E-state index contributed by atoms with van der Waals surface area (Å²) in [5, 5.41) is 0.734. The molecule has 2 heterocycles. The Hall–Kier alpha value is -4.05. The van der Waals surface area contributed by atoms with Gasteiger partial charge in [0.25, 0.3) is 17.4 Å². The van der Waals surface area contributed by atoms with Crippen molar-refractivity contribution in [2.24, 2.45) is 0 Å². The summed E-state index contributed by atoms with van der Waals surface area (Å²) in [7, 11) is 0. The Morgan fingerprint density at radius 2 is 1.49 bits per heavy atom. The van der Waals surface area contributed by atoms with E-state index < -0.39 is 6.61 Å². The minimum Gasteiger partial charge on any atom is -0.435 e. The number of hydrogen-bond acceptors (Lipinski definition) is 6. The van der Waals surface area contributed by atoms with Gasteiger partial charge < -0.3 is 4.74 Å². The lowest BCUT2D eigenvalue weighted by Crippen LogP contribution is -2.32. The SMILES string of the molecule is O=C1c2ccccc2C(=O)N1CCSc1nc2ccccc2c(=O)n1-c1ccc(OC(F)F)cc1. The van der Waals surface area contributed by atoms with Crippen molar-refractivity contribution in [1.82, 2.24) is 14.5 Å². The quantitative estimate of drug-likeness (QED) is 0.216. The van der Waals surface area contributed by atoms with Gasteiger partial charge in [-0.15, -0.1) is 0 Å². The molecule has 0 unspecified atom stereocenters. The average molecular weight is 493 g/mol. The van der Waals surface area contributed by atoms with Crippen molar-refractivity contribution in [3.05, 3.63) is 94.3 Å². The molecule has 0 N–H and O–H groups in total. The van der Waals surface area contributed by atoms with Gasteiger partial charge in [0.05, 0.1) is 27.7 Å². The summed E-state index contributed by atoms with van der Waals surface area (Å²) in [5.74, 6) is -0.456. The van der Waals surface area contributed by atoms with Crippen LogP contribution >= 0.6 is 11.8 Å². The van der Waals surface area contributed by atoms with Crippen LogP contribution in [-0.2, 0) is 0 Å². The number of para-hydroxylation sites is 1. The number of amides is 2. The van der Waals surface area contributed by atoms with Crippen molar-refractivity contribution in [2.45, 2.75) is 11.8 Å². The van der Waals surface area contributed by atoms with Gasteiger partial charge >= 0.3 is 6.61 Å². The number of imide groups is 1. The molecule has 7 nitrogen and oxygen atoms in total. The number of carbonyl (C=O) groups is 2. The van der Waals surface area contributed by atoms with Crippen molar-refractivity contribution in [3.8, 4) is 11.4 Å². The molecule has 10 heteroatoms. The van der Waals surface area contributed by atoms with Crippen LogP contribution in [0.25, 0.3) is 16.6 Å². The molecule has 0 fully saturated rings. The van der Waals surface area contributed by atoms with E-state index in [2.05, 4.69) is 9.72 Å². The van der Waals surface area contributed by atoms with E-state index in [4.69, 9.17) is 0 Å². The lowest BCUT2D eigenvalue weighted by molar-refractivity contribution is -0.0498. The first-order chi connectivity index (χ1) is 16.9. The summed E-state index contributed by atoms with van der Waals surface area (Å²) in [5.41, 5.74) is 1.32. The predicted molar refractivity (Wildman–Crippen MR) is 127 cm³/mol. The monoisotopic (exact) mass is 493 g/mol. The minimum atomic E-state index is -2.96. The normalized spacial score (nSPS) is 13.1. The minimum absolute atomic E-state index is 0.0367. The second kappa shape index (κ2) is 9.30. The molecule has 0 spiro atoms. The van der Waals surface area contributed by atoms with E-state index in [1.165, 1.54) is 45.5 Å². The second-order valence-corrected chi connectivity index (χ2v) is 8.64. The number of ether oxygens (including phenoxy) is 1. The summed E-state index contributed by atoms with van der Waals surface area (Å²) in [6.45, 7) is -2.83. The van der Waals surface area contributed by atoms with Gasteiger partial charge in [-0.2, -0.15) is 8.78 Å². The fourth-order valence-corrected chi connectivity index (χ4v) is 4.82. The second-order valence-electron chi connectivity index (χ2n) is 7.58. The summed E-state index contributed by atoms with van der Waals surface area (Å²) in [6.07, 6.45) is 0. The smallest absolute Gasteiger partial charge is 0.387 e. The molecule has 5 rings (SSSR count). The third kappa shape index (κ3) is 4.28. The Kier molecular flexibility index (Phi) is 6.04. The number of benzene rings is 3. The molecule has 0 saturated carbocycles. The van der Waals surface area contributed by atoms with E-state index in [1.54, 1.807) is 48.5 Å². The molecule has 1 aliphatic rings. The molecule has 35 heavy (non-hydrogen) atoms. The highest BCUT2D eigenvalue weighted by Gasteiger charge is 2.34. The van der Waals surface area contributed by atoms with Gasteiger partial charge in [0.15, 0.2) is 5.16 Å². The Morgan fingerprint density at radius 3 is 2.14 bits per heavy atom. The number of rotatable bonds is 7. The van der Waals surface area contributed by atoms with Crippen LogP contribution in [0.3, 0.4) is 0 Å². The highest BCUT2D eigenvalue weighted by atomic mass is 32.2. The highest BCUT2D eigenvalue weighted by molar-refractivity contribution is 7.99. The maximum Gasteiger partial charge on any atom is 0.387 e. The van der Waals surface area contributed by atoms with Crippen LogP contribution in [0.4, 0.5) is 8.78 Å². The molecule has 0 aliphatic carbocycles. The molecule has 176 valence electrons. The van der Waals surface area contributed by atoms with Crippen molar-refractivity contribution in [3.63, 3.8) is 0 Å². The van der Waals surface area contributed by atoms with Crippen LogP contribution < -0.4 is 10.3 Å². The van der Waals surface area contributed by atoms with E-state index in [-0.39, 0.29) is 29.7 Å². The van der Waals surface area contributed by atoms with Gasteiger partial charge in [-0.25, -0.2) is 4.98 Å².